The third-order valence-electron chi connectivity index (χ3n) is 9.34. The van der Waals surface area contributed by atoms with E-state index in [0.29, 0.717) is 25.7 Å². The Balaban J connectivity index is 4.53. The van der Waals surface area contributed by atoms with Gasteiger partial charge in [-0.25, -0.2) is 0 Å². The van der Waals surface area contributed by atoms with Crippen molar-refractivity contribution in [3.8, 4) is 0 Å². The molecule has 2 atom stereocenters. The van der Waals surface area contributed by atoms with Gasteiger partial charge in [0.25, 0.3) is 0 Å². The van der Waals surface area contributed by atoms with Crippen molar-refractivity contribution in [2.45, 2.75) is 235 Å². The molecule has 0 aliphatic rings. The summed E-state index contributed by atoms with van der Waals surface area (Å²) < 4.78 is 12.0. The fraction of sp³-hybridized carbons (Fsp3) is 0.952. The van der Waals surface area contributed by atoms with Crippen LogP contribution in [-0.4, -0.2) is 24.1 Å². The minimum absolute atomic E-state index is 0.0493. The van der Waals surface area contributed by atoms with Crippen LogP contribution in [0.1, 0.15) is 222 Å². The van der Waals surface area contributed by atoms with Crippen LogP contribution >= 0.6 is 0 Å². The summed E-state index contributed by atoms with van der Waals surface area (Å²) >= 11 is 0. The Bertz CT molecular complexity index is 625. The normalized spacial score (nSPS) is 13.2. The predicted molar refractivity (Wildman–Crippen MR) is 199 cm³/mol. The van der Waals surface area contributed by atoms with Crippen LogP contribution in [0.2, 0.25) is 0 Å². The maximum Gasteiger partial charge on any atom is 0.306 e. The van der Waals surface area contributed by atoms with Crippen LogP contribution in [0.25, 0.3) is 0 Å². The molecule has 0 N–H and O–H groups in total. The number of rotatable bonds is 33. The highest BCUT2D eigenvalue weighted by Crippen LogP contribution is 2.21. The van der Waals surface area contributed by atoms with Gasteiger partial charge < -0.3 is 9.47 Å². The molecule has 2 unspecified atom stereocenters. The number of esters is 2. The Kier molecular flexibility index (Phi) is 30.5. The molecule has 4 heteroatoms. The minimum atomic E-state index is -0.0860. The standard InChI is InChI=1S/C42H82O4/c1-35(2)25-15-9-11-19-29-39(31-21-13-17-27-37(5)6)45-41(43)33-23-24-34-42(44)46-40(32-22-14-18-28-38(7)8)30-20-12-10-16-26-36(3)4/h35-40H,9-34H2,1-8H3. The summed E-state index contributed by atoms with van der Waals surface area (Å²) in [6.45, 7) is 18.3. The van der Waals surface area contributed by atoms with Gasteiger partial charge in [0.1, 0.15) is 12.2 Å². The molecule has 4 nitrogen and oxygen atoms in total. The first kappa shape index (κ1) is 44.9. The van der Waals surface area contributed by atoms with Crippen molar-refractivity contribution in [2.24, 2.45) is 23.7 Å². The monoisotopic (exact) mass is 651 g/mol. The average Bonchev–Trinajstić information content (AvgIpc) is 2.97. The molecule has 0 aliphatic carbocycles. The maximum atomic E-state index is 12.8. The Morgan fingerprint density at radius 1 is 0.326 bits per heavy atom. The van der Waals surface area contributed by atoms with E-state index < -0.39 is 0 Å². The smallest absolute Gasteiger partial charge is 0.306 e. The summed E-state index contributed by atoms with van der Waals surface area (Å²) in [6.07, 6.45) is 28.6. The molecule has 0 heterocycles. The summed E-state index contributed by atoms with van der Waals surface area (Å²) in [7, 11) is 0. The van der Waals surface area contributed by atoms with Crippen molar-refractivity contribution < 1.29 is 19.1 Å². The van der Waals surface area contributed by atoms with Crippen molar-refractivity contribution >= 4 is 11.9 Å². The fourth-order valence-corrected chi connectivity index (χ4v) is 6.31. The Labute approximate surface area is 288 Å². The van der Waals surface area contributed by atoms with E-state index in [-0.39, 0.29) is 24.1 Å². The van der Waals surface area contributed by atoms with E-state index in [2.05, 4.69) is 55.4 Å². The van der Waals surface area contributed by atoms with Crippen molar-refractivity contribution in [1.29, 1.82) is 0 Å². The number of unbranched alkanes of at least 4 members (excludes halogenated alkanes) is 11. The quantitative estimate of drug-likeness (QED) is 0.0524. The molecule has 0 radical (unpaired) electrons. The molecular formula is C42H82O4. The first-order valence-corrected chi connectivity index (χ1v) is 20.4. The molecular weight excluding hydrogens is 568 g/mol. The summed E-state index contributed by atoms with van der Waals surface area (Å²) in [5, 5.41) is 0. The molecule has 0 aromatic heterocycles. The molecule has 0 amide bonds. The third-order valence-corrected chi connectivity index (χ3v) is 9.34. The Hall–Kier alpha value is -1.06. The second kappa shape index (κ2) is 31.2. The molecule has 46 heavy (non-hydrogen) atoms. The average molecular weight is 651 g/mol. The lowest BCUT2D eigenvalue weighted by molar-refractivity contribution is -0.152. The second-order valence-electron chi connectivity index (χ2n) is 16.3. The number of hydrogen-bond acceptors (Lipinski definition) is 4. The van der Waals surface area contributed by atoms with Gasteiger partial charge in [-0.3, -0.25) is 9.59 Å². The molecule has 274 valence electrons. The highest BCUT2D eigenvalue weighted by Gasteiger charge is 2.17. The molecule has 0 aromatic rings. The van der Waals surface area contributed by atoms with Crippen LogP contribution in [0.15, 0.2) is 0 Å². The van der Waals surface area contributed by atoms with Crippen molar-refractivity contribution in [2.75, 3.05) is 0 Å². The highest BCUT2D eigenvalue weighted by molar-refractivity contribution is 5.70. The number of carbonyl (C=O) groups excluding carboxylic acids is 2. The van der Waals surface area contributed by atoms with E-state index in [4.69, 9.17) is 9.47 Å². The van der Waals surface area contributed by atoms with E-state index in [1.807, 2.05) is 0 Å². The van der Waals surface area contributed by atoms with Crippen molar-refractivity contribution in [3.05, 3.63) is 0 Å². The van der Waals surface area contributed by atoms with E-state index in [0.717, 1.165) is 75.0 Å². The molecule has 0 saturated heterocycles. The topological polar surface area (TPSA) is 52.6 Å². The SMILES string of the molecule is CC(C)CCCCCCC(CCCCCC(C)C)OC(=O)CCCCC(=O)OC(CCCCCCC(C)C)CCCCCC(C)C. The molecule has 0 aliphatic heterocycles. The van der Waals surface area contributed by atoms with Crippen LogP contribution in [-0.2, 0) is 19.1 Å². The minimum Gasteiger partial charge on any atom is -0.462 e. The Morgan fingerprint density at radius 2 is 0.543 bits per heavy atom. The third kappa shape index (κ3) is 32.9. The lowest BCUT2D eigenvalue weighted by Crippen LogP contribution is -2.19. The summed E-state index contributed by atoms with van der Waals surface area (Å²) in [5.74, 6) is 2.90. The van der Waals surface area contributed by atoms with Gasteiger partial charge in [-0.15, -0.1) is 0 Å². The first-order chi connectivity index (χ1) is 22.0. The molecule has 0 fully saturated rings. The second-order valence-corrected chi connectivity index (χ2v) is 16.3. The number of carbonyl (C=O) groups is 2. The fourth-order valence-electron chi connectivity index (χ4n) is 6.31. The van der Waals surface area contributed by atoms with Crippen molar-refractivity contribution in [1.82, 2.24) is 0 Å². The van der Waals surface area contributed by atoms with Gasteiger partial charge in [0, 0.05) is 12.8 Å². The van der Waals surface area contributed by atoms with Crippen LogP contribution in [0.3, 0.4) is 0 Å². The zero-order valence-electron chi connectivity index (χ0n) is 32.5. The molecule has 0 spiro atoms. The van der Waals surface area contributed by atoms with Crippen LogP contribution in [0.4, 0.5) is 0 Å². The lowest BCUT2D eigenvalue weighted by atomic mass is 9.99. The van der Waals surface area contributed by atoms with Crippen LogP contribution in [0, 0.1) is 23.7 Å². The van der Waals surface area contributed by atoms with Gasteiger partial charge >= 0.3 is 11.9 Å². The maximum absolute atomic E-state index is 12.8. The van der Waals surface area contributed by atoms with Gasteiger partial charge in [-0.05, 0) is 87.9 Å². The lowest BCUT2D eigenvalue weighted by Gasteiger charge is -2.19. The highest BCUT2D eigenvalue weighted by atomic mass is 16.5. The molecule has 0 saturated carbocycles. The van der Waals surface area contributed by atoms with E-state index in [1.165, 1.54) is 89.9 Å². The summed E-state index contributed by atoms with van der Waals surface area (Å²) in [6, 6.07) is 0. The van der Waals surface area contributed by atoms with E-state index in [1.54, 1.807) is 0 Å². The summed E-state index contributed by atoms with van der Waals surface area (Å²) in [5.41, 5.74) is 0. The van der Waals surface area contributed by atoms with Crippen molar-refractivity contribution in [3.63, 3.8) is 0 Å². The predicted octanol–water partition coefficient (Wildman–Crippen LogP) is 13.6. The Morgan fingerprint density at radius 3 is 0.783 bits per heavy atom. The van der Waals surface area contributed by atoms with Gasteiger partial charge in [-0.1, -0.05) is 145 Å². The first-order valence-electron chi connectivity index (χ1n) is 20.4. The largest absolute Gasteiger partial charge is 0.462 e. The summed E-state index contributed by atoms with van der Waals surface area (Å²) in [4.78, 5) is 25.5. The van der Waals surface area contributed by atoms with Crippen LogP contribution < -0.4 is 0 Å². The van der Waals surface area contributed by atoms with Gasteiger partial charge in [0.2, 0.25) is 0 Å². The zero-order chi connectivity index (χ0) is 34.4. The van der Waals surface area contributed by atoms with E-state index >= 15 is 0 Å². The number of hydrogen-bond donors (Lipinski definition) is 0. The van der Waals surface area contributed by atoms with E-state index in [9.17, 15) is 9.59 Å². The van der Waals surface area contributed by atoms with Crippen LogP contribution in [0.5, 0.6) is 0 Å². The molecule has 0 rings (SSSR count). The molecule has 0 aromatic carbocycles. The zero-order valence-corrected chi connectivity index (χ0v) is 32.5. The van der Waals surface area contributed by atoms with Gasteiger partial charge in [-0.2, -0.15) is 0 Å². The van der Waals surface area contributed by atoms with Gasteiger partial charge in [0.15, 0.2) is 0 Å². The molecule has 0 bridgehead atoms. The number of ether oxygens (including phenoxy) is 2. The van der Waals surface area contributed by atoms with Gasteiger partial charge in [0.05, 0.1) is 0 Å².